The van der Waals surface area contributed by atoms with Gasteiger partial charge in [-0.15, -0.1) is 0 Å². The van der Waals surface area contributed by atoms with Crippen LogP contribution >= 0.6 is 0 Å². The molecule has 0 unspecified atom stereocenters. The van der Waals surface area contributed by atoms with E-state index in [0.29, 0.717) is 0 Å². The minimum Gasteiger partial charge on any atom is -0.386 e. The van der Waals surface area contributed by atoms with Crippen LogP contribution in [0.4, 0.5) is 11.4 Å². The Labute approximate surface area is 100 Å². The SMILES string of the molecule is CCCCC.CCNc1ccccc1NC. The minimum absolute atomic E-state index is 0.957. The first-order chi connectivity index (χ1) is 7.79. The molecule has 0 radical (unpaired) electrons. The van der Waals surface area contributed by atoms with Crippen molar-refractivity contribution in [3.8, 4) is 0 Å². The van der Waals surface area contributed by atoms with Crippen LogP contribution in [0.5, 0.6) is 0 Å². The van der Waals surface area contributed by atoms with Crippen molar-refractivity contribution in [3.05, 3.63) is 24.3 Å². The third kappa shape index (κ3) is 6.33. The average Bonchev–Trinajstić information content (AvgIpc) is 2.32. The van der Waals surface area contributed by atoms with Crippen molar-refractivity contribution < 1.29 is 0 Å². The molecule has 92 valence electrons. The standard InChI is InChI=1S/C9H14N2.C5H12/c1-3-11-9-7-5-4-6-8(9)10-2;1-3-5-4-2/h4-7,10-11H,3H2,1-2H3;3-5H2,1-2H3. The van der Waals surface area contributed by atoms with E-state index in [-0.39, 0.29) is 0 Å². The van der Waals surface area contributed by atoms with Gasteiger partial charge in [-0.2, -0.15) is 0 Å². The second kappa shape index (κ2) is 10.3. The van der Waals surface area contributed by atoms with Crippen molar-refractivity contribution in [2.75, 3.05) is 24.2 Å². The Hall–Kier alpha value is -1.18. The Kier molecular flexibility index (Phi) is 9.58. The predicted molar refractivity (Wildman–Crippen MR) is 75.4 cm³/mol. The lowest BCUT2D eigenvalue weighted by molar-refractivity contribution is 0.772. The Balaban J connectivity index is 0.000000385. The van der Waals surface area contributed by atoms with Crippen LogP contribution in [0.2, 0.25) is 0 Å². The molecule has 1 aromatic rings. The summed E-state index contributed by atoms with van der Waals surface area (Å²) in [6.45, 7) is 7.47. The van der Waals surface area contributed by atoms with Gasteiger partial charge < -0.3 is 10.6 Å². The van der Waals surface area contributed by atoms with Crippen LogP contribution in [0.25, 0.3) is 0 Å². The molecule has 0 amide bonds. The molecule has 2 N–H and O–H groups in total. The largest absolute Gasteiger partial charge is 0.386 e. The number of rotatable bonds is 5. The molecule has 1 rings (SSSR count). The second-order valence-electron chi connectivity index (χ2n) is 3.68. The Bertz CT molecular complexity index is 257. The zero-order valence-corrected chi connectivity index (χ0v) is 11.1. The van der Waals surface area contributed by atoms with Gasteiger partial charge >= 0.3 is 0 Å². The molecule has 0 aromatic heterocycles. The summed E-state index contributed by atoms with van der Waals surface area (Å²) in [6, 6.07) is 8.17. The highest BCUT2D eigenvalue weighted by atomic mass is 14.9. The number of benzene rings is 1. The average molecular weight is 222 g/mol. The van der Waals surface area contributed by atoms with Crippen LogP contribution < -0.4 is 10.6 Å². The fourth-order valence-corrected chi connectivity index (χ4v) is 1.40. The van der Waals surface area contributed by atoms with Crippen LogP contribution in [0.15, 0.2) is 24.3 Å². The third-order valence-corrected chi connectivity index (χ3v) is 2.27. The molecule has 0 spiro atoms. The maximum atomic E-state index is 3.26. The summed E-state index contributed by atoms with van der Waals surface area (Å²) in [5, 5.41) is 6.38. The van der Waals surface area contributed by atoms with Gasteiger partial charge in [-0.1, -0.05) is 45.2 Å². The molecule has 2 heteroatoms. The van der Waals surface area contributed by atoms with Crippen molar-refractivity contribution >= 4 is 11.4 Å². The van der Waals surface area contributed by atoms with Gasteiger partial charge in [-0.25, -0.2) is 0 Å². The van der Waals surface area contributed by atoms with Crippen LogP contribution in [0.3, 0.4) is 0 Å². The van der Waals surface area contributed by atoms with Gasteiger partial charge in [0, 0.05) is 13.6 Å². The highest BCUT2D eigenvalue weighted by molar-refractivity contribution is 5.68. The van der Waals surface area contributed by atoms with Gasteiger partial charge in [0.2, 0.25) is 0 Å². The van der Waals surface area contributed by atoms with Crippen LogP contribution in [0.1, 0.15) is 40.0 Å². The molecule has 0 bridgehead atoms. The molecular formula is C14H26N2. The first-order valence-corrected chi connectivity index (χ1v) is 6.30. The fraction of sp³-hybridized carbons (Fsp3) is 0.571. The van der Waals surface area contributed by atoms with Gasteiger partial charge in [0.15, 0.2) is 0 Å². The number of unbranched alkanes of at least 4 members (excludes halogenated alkanes) is 2. The third-order valence-electron chi connectivity index (χ3n) is 2.27. The van der Waals surface area contributed by atoms with E-state index in [9.17, 15) is 0 Å². The summed E-state index contributed by atoms with van der Waals surface area (Å²) in [4.78, 5) is 0. The molecule has 0 atom stereocenters. The molecule has 0 saturated carbocycles. The first kappa shape index (κ1) is 14.8. The lowest BCUT2D eigenvalue weighted by atomic mass is 10.2. The molecule has 1 aromatic carbocycles. The summed E-state index contributed by atoms with van der Waals surface area (Å²) < 4.78 is 0. The number of hydrogen-bond acceptors (Lipinski definition) is 2. The molecule has 2 nitrogen and oxygen atoms in total. The minimum atomic E-state index is 0.957. The van der Waals surface area contributed by atoms with Crippen molar-refractivity contribution in [2.24, 2.45) is 0 Å². The Morgan fingerprint density at radius 3 is 1.88 bits per heavy atom. The van der Waals surface area contributed by atoms with Crippen molar-refractivity contribution in [1.82, 2.24) is 0 Å². The van der Waals surface area contributed by atoms with Crippen LogP contribution in [0, 0.1) is 0 Å². The molecule has 0 saturated heterocycles. The molecule has 0 heterocycles. The summed E-state index contributed by atoms with van der Waals surface area (Å²) in [7, 11) is 1.93. The quantitative estimate of drug-likeness (QED) is 0.773. The second-order valence-corrected chi connectivity index (χ2v) is 3.68. The zero-order chi connectivity index (χ0) is 12.2. The topological polar surface area (TPSA) is 24.1 Å². The molecule has 0 fully saturated rings. The van der Waals surface area contributed by atoms with E-state index in [1.165, 1.54) is 19.3 Å². The maximum Gasteiger partial charge on any atom is 0.0575 e. The zero-order valence-electron chi connectivity index (χ0n) is 11.1. The van der Waals surface area contributed by atoms with Gasteiger partial charge in [-0.05, 0) is 19.1 Å². The van der Waals surface area contributed by atoms with Crippen molar-refractivity contribution in [3.63, 3.8) is 0 Å². The van der Waals surface area contributed by atoms with Crippen LogP contribution in [-0.4, -0.2) is 13.6 Å². The van der Waals surface area contributed by atoms with E-state index in [4.69, 9.17) is 0 Å². The smallest absolute Gasteiger partial charge is 0.0575 e. The summed E-state index contributed by atoms with van der Waals surface area (Å²) in [6.07, 6.45) is 4.08. The number of para-hydroxylation sites is 2. The fourth-order valence-electron chi connectivity index (χ4n) is 1.40. The highest BCUT2D eigenvalue weighted by Gasteiger charge is 1.94. The van der Waals surface area contributed by atoms with E-state index in [1.807, 2.05) is 19.2 Å². The van der Waals surface area contributed by atoms with E-state index < -0.39 is 0 Å². The van der Waals surface area contributed by atoms with E-state index in [0.717, 1.165) is 17.9 Å². The molecule has 0 aliphatic heterocycles. The number of hydrogen-bond donors (Lipinski definition) is 2. The predicted octanol–water partition coefficient (Wildman–Crippen LogP) is 4.36. The summed E-state index contributed by atoms with van der Waals surface area (Å²) in [5.41, 5.74) is 2.31. The lowest BCUT2D eigenvalue weighted by Crippen LogP contribution is -2.00. The normalized spacial score (nSPS) is 9.00. The van der Waals surface area contributed by atoms with Gasteiger partial charge in [-0.3, -0.25) is 0 Å². The van der Waals surface area contributed by atoms with Gasteiger partial charge in [0.1, 0.15) is 0 Å². The van der Waals surface area contributed by atoms with E-state index in [1.54, 1.807) is 0 Å². The molecule has 0 aliphatic carbocycles. The van der Waals surface area contributed by atoms with Gasteiger partial charge in [0.25, 0.3) is 0 Å². The van der Waals surface area contributed by atoms with Crippen molar-refractivity contribution in [2.45, 2.75) is 40.0 Å². The highest BCUT2D eigenvalue weighted by Crippen LogP contribution is 2.19. The monoisotopic (exact) mass is 222 g/mol. The molecule has 0 aliphatic rings. The van der Waals surface area contributed by atoms with Gasteiger partial charge in [0.05, 0.1) is 11.4 Å². The van der Waals surface area contributed by atoms with E-state index in [2.05, 4.69) is 43.5 Å². The number of anilines is 2. The van der Waals surface area contributed by atoms with E-state index >= 15 is 0 Å². The van der Waals surface area contributed by atoms with Crippen LogP contribution in [-0.2, 0) is 0 Å². The lowest BCUT2D eigenvalue weighted by Gasteiger charge is -2.08. The summed E-state index contributed by atoms with van der Waals surface area (Å²) in [5.74, 6) is 0. The first-order valence-electron chi connectivity index (χ1n) is 6.30. The Morgan fingerprint density at radius 2 is 1.50 bits per heavy atom. The maximum absolute atomic E-state index is 3.26. The number of nitrogens with one attached hydrogen (secondary N) is 2. The summed E-state index contributed by atoms with van der Waals surface area (Å²) >= 11 is 0. The molecule has 16 heavy (non-hydrogen) atoms. The van der Waals surface area contributed by atoms with Crippen molar-refractivity contribution in [1.29, 1.82) is 0 Å². The molecular weight excluding hydrogens is 196 g/mol. The Morgan fingerprint density at radius 1 is 0.938 bits per heavy atom.